The summed E-state index contributed by atoms with van der Waals surface area (Å²) in [7, 11) is -1.71. The van der Waals surface area contributed by atoms with Crippen molar-refractivity contribution in [1.82, 2.24) is 15.1 Å². The minimum Gasteiger partial charge on any atom is -0.352 e. The van der Waals surface area contributed by atoms with Gasteiger partial charge in [-0.25, -0.2) is 8.89 Å². The summed E-state index contributed by atoms with van der Waals surface area (Å²) in [6.45, 7) is 4.61. The summed E-state index contributed by atoms with van der Waals surface area (Å²) in [5.74, 6) is 0.232. The number of hydrogen-bond acceptors (Lipinski definition) is 3. The van der Waals surface area contributed by atoms with Gasteiger partial charge in [0.25, 0.3) is 0 Å². The Kier molecular flexibility index (Phi) is 5.36. The van der Waals surface area contributed by atoms with Crippen molar-refractivity contribution >= 4 is 22.7 Å². The smallest absolute Gasteiger partial charge is 0.352 e. The Bertz CT molecular complexity index is 864. The molecule has 1 aliphatic rings. The highest BCUT2D eigenvalue weighted by Gasteiger charge is 2.32. The second-order valence-corrected chi connectivity index (χ2v) is 7.43. The van der Waals surface area contributed by atoms with Crippen LogP contribution in [0.25, 0.3) is 0 Å². The predicted octanol–water partition coefficient (Wildman–Crippen LogP) is 2.36. The number of hydrogen-bond donors (Lipinski definition) is 1. The first-order valence-electron chi connectivity index (χ1n) is 8.08. The fourth-order valence-corrected chi connectivity index (χ4v) is 4.09. The molecule has 0 radical (unpaired) electrons. The van der Waals surface area contributed by atoms with Crippen molar-refractivity contribution in [3.05, 3.63) is 54.7 Å². The van der Waals surface area contributed by atoms with Crippen LogP contribution in [-0.4, -0.2) is 33.0 Å². The summed E-state index contributed by atoms with van der Waals surface area (Å²) in [4.78, 5) is 11.6. The Balaban J connectivity index is 1.80. The third-order valence-corrected chi connectivity index (χ3v) is 5.55. The molecule has 144 valence electrons. The zero-order valence-corrected chi connectivity index (χ0v) is 15.0. The summed E-state index contributed by atoms with van der Waals surface area (Å²) in [6, 6.07) is 5.94. The minimum atomic E-state index is -4.45. The lowest BCUT2D eigenvalue weighted by Crippen LogP contribution is -2.44. The van der Waals surface area contributed by atoms with Gasteiger partial charge in [-0.15, -0.1) is 0 Å². The van der Waals surface area contributed by atoms with Crippen LogP contribution in [0.15, 0.2) is 54.1 Å². The maximum Gasteiger partial charge on any atom is 0.416 e. The van der Waals surface area contributed by atoms with E-state index in [4.69, 9.17) is 0 Å². The van der Waals surface area contributed by atoms with Crippen LogP contribution in [0, 0.1) is 5.92 Å². The number of aromatic nitrogens is 2. The van der Waals surface area contributed by atoms with Gasteiger partial charge in [0.2, 0.25) is 5.91 Å². The second-order valence-electron chi connectivity index (χ2n) is 6.02. The molecule has 1 amide bonds. The molecule has 0 aliphatic carbocycles. The first kappa shape index (κ1) is 19.2. The number of amides is 1. The SMILES string of the molecule is C=CC(=O)NCC1CN(S(=O)c2ccc(C(F)(F)F)cc2)c2ccnn2C1. The van der Waals surface area contributed by atoms with Crippen LogP contribution in [0.4, 0.5) is 19.0 Å². The van der Waals surface area contributed by atoms with Crippen LogP contribution in [0.2, 0.25) is 0 Å². The number of nitrogens with zero attached hydrogens (tertiary/aromatic N) is 3. The van der Waals surface area contributed by atoms with E-state index >= 15 is 0 Å². The van der Waals surface area contributed by atoms with Crippen molar-refractivity contribution in [2.75, 3.05) is 17.4 Å². The number of carbonyl (C=O) groups is 1. The molecule has 10 heteroatoms. The molecule has 2 unspecified atom stereocenters. The number of alkyl halides is 3. The van der Waals surface area contributed by atoms with Gasteiger partial charge in [0.05, 0.1) is 16.7 Å². The molecule has 6 nitrogen and oxygen atoms in total. The van der Waals surface area contributed by atoms with Gasteiger partial charge in [0, 0.05) is 31.6 Å². The van der Waals surface area contributed by atoms with Gasteiger partial charge in [-0.1, -0.05) is 6.58 Å². The van der Waals surface area contributed by atoms with Crippen molar-refractivity contribution in [3.63, 3.8) is 0 Å². The maximum atomic E-state index is 13.0. The zero-order valence-electron chi connectivity index (χ0n) is 14.1. The van der Waals surface area contributed by atoms with E-state index in [9.17, 15) is 22.2 Å². The number of fused-ring (bicyclic) bond motifs is 1. The average molecular weight is 398 g/mol. The van der Waals surface area contributed by atoms with Crippen LogP contribution in [0.5, 0.6) is 0 Å². The highest BCUT2D eigenvalue weighted by molar-refractivity contribution is 7.86. The largest absolute Gasteiger partial charge is 0.416 e. The maximum absolute atomic E-state index is 13.0. The molecular formula is C17H17F3N4O2S. The quantitative estimate of drug-likeness (QED) is 0.787. The van der Waals surface area contributed by atoms with Crippen molar-refractivity contribution in [1.29, 1.82) is 0 Å². The predicted molar refractivity (Wildman–Crippen MR) is 94.1 cm³/mol. The number of rotatable bonds is 5. The second kappa shape index (κ2) is 7.55. The molecule has 3 rings (SSSR count). The van der Waals surface area contributed by atoms with E-state index in [1.807, 2.05) is 0 Å². The van der Waals surface area contributed by atoms with Crippen molar-refractivity contribution in [3.8, 4) is 0 Å². The molecule has 0 fully saturated rings. The molecule has 27 heavy (non-hydrogen) atoms. The molecular weight excluding hydrogens is 381 g/mol. The summed E-state index contributed by atoms with van der Waals surface area (Å²) in [5, 5.41) is 6.89. The zero-order chi connectivity index (χ0) is 19.6. The van der Waals surface area contributed by atoms with Crippen molar-refractivity contribution in [2.45, 2.75) is 17.6 Å². The number of anilines is 1. The van der Waals surface area contributed by atoms with Gasteiger partial charge in [-0.05, 0) is 30.3 Å². The minimum absolute atomic E-state index is 0.0697. The van der Waals surface area contributed by atoms with Gasteiger partial charge in [-0.3, -0.25) is 9.10 Å². The van der Waals surface area contributed by atoms with Crippen LogP contribution in [0.1, 0.15) is 5.56 Å². The molecule has 1 N–H and O–H groups in total. The monoisotopic (exact) mass is 398 g/mol. The summed E-state index contributed by atoms with van der Waals surface area (Å²) < 4.78 is 54.4. The van der Waals surface area contributed by atoms with Gasteiger partial charge in [0.1, 0.15) is 5.82 Å². The van der Waals surface area contributed by atoms with Crippen LogP contribution in [0.3, 0.4) is 0 Å². The number of nitrogens with one attached hydrogen (secondary N) is 1. The molecule has 2 heterocycles. The molecule has 0 bridgehead atoms. The molecule has 1 aromatic carbocycles. The van der Waals surface area contributed by atoms with E-state index in [1.54, 1.807) is 21.3 Å². The highest BCUT2D eigenvalue weighted by atomic mass is 32.2. The number of benzene rings is 1. The molecule has 1 aliphatic heterocycles. The third-order valence-electron chi connectivity index (χ3n) is 4.14. The summed E-state index contributed by atoms with van der Waals surface area (Å²) in [6.07, 6.45) is -1.71. The average Bonchev–Trinajstić information content (AvgIpc) is 3.12. The molecule has 1 aromatic heterocycles. The van der Waals surface area contributed by atoms with E-state index in [2.05, 4.69) is 17.0 Å². The Morgan fingerprint density at radius 2 is 2.00 bits per heavy atom. The van der Waals surface area contributed by atoms with E-state index < -0.39 is 22.7 Å². The van der Waals surface area contributed by atoms with E-state index in [1.165, 1.54) is 18.2 Å². The molecule has 2 atom stereocenters. The third kappa shape index (κ3) is 4.21. The first-order valence-corrected chi connectivity index (χ1v) is 9.19. The van der Waals surface area contributed by atoms with Gasteiger partial charge in [-0.2, -0.15) is 18.3 Å². The Hall–Kier alpha value is -2.62. The summed E-state index contributed by atoms with van der Waals surface area (Å²) >= 11 is 0. The van der Waals surface area contributed by atoms with Gasteiger partial charge >= 0.3 is 6.18 Å². The molecule has 0 saturated heterocycles. The van der Waals surface area contributed by atoms with E-state index in [0.717, 1.165) is 12.1 Å². The van der Waals surface area contributed by atoms with Crippen molar-refractivity contribution < 1.29 is 22.2 Å². The fourth-order valence-electron chi connectivity index (χ4n) is 2.79. The summed E-state index contributed by atoms with van der Waals surface area (Å²) in [5.41, 5.74) is -0.794. The number of carbonyl (C=O) groups excluding carboxylic acids is 1. The van der Waals surface area contributed by atoms with E-state index in [0.29, 0.717) is 25.5 Å². The van der Waals surface area contributed by atoms with Crippen LogP contribution < -0.4 is 9.62 Å². The topological polar surface area (TPSA) is 67.2 Å². The molecule has 2 aromatic rings. The normalized spacial score (nSPS) is 17.9. The Morgan fingerprint density at radius 3 is 2.63 bits per heavy atom. The van der Waals surface area contributed by atoms with Crippen molar-refractivity contribution in [2.24, 2.45) is 5.92 Å². The van der Waals surface area contributed by atoms with E-state index in [-0.39, 0.29) is 16.7 Å². The Labute approximate surface area is 156 Å². The van der Waals surface area contributed by atoms with Crippen LogP contribution in [-0.2, 0) is 28.5 Å². The molecule has 0 spiro atoms. The fraction of sp³-hybridized carbons (Fsp3) is 0.294. The Morgan fingerprint density at radius 1 is 1.30 bits per heavy atom. The lowest BCUT2D eigenvalue weighted by Gasteiger charge is -2.33. The highest BCUT2D eigenvalue weighted by Crippen LogP contribution is 2.31. The van der Waals surface area contributed by atoms with Crippen LogP contribution >= 0.6 is 0 Å². The lowest BCUT2D eigenvalue weighted by molar-refractivity contribution is -0.137. The number of halogens is 3. The van der Waals surface area contributed by atoms with Gasteiger partial charge in [0.15, 0.2) is 11.0 Å². The first-order chi connectivity index (χ1) is 12.8. The molecule has 0 saturated carbocycles. The lowest BCUT2D eigenvalue weighted by atomic mass is 10.1. The standard InChI is InChI=1S/C17H17F3N4O2S/c1-2-15(25)21-9-12-10-23-16(7-8-22-23)24(11-12)27(26)14-5-3-13(4-6-14)17(18,19)20/h2-8,12H,1,9-11H2,(H,21,25). The van der Waals surface area contributed by atoms with Gasteiger partial charge < -0.3 is 5.32 Å².